The van der Waals surface area contributed by atoms with Crippen LogP contribution >= 0.6 is 11.8 Å². The highest BCUT2D eigenvalue weighted by molar-refractivity contribution is 7.99. The summed E-state index contributed by atoms with van der Waals surface area (Å²) < 4.78 is 1.78. The second kappa shape index (κ2) is 9.02. The van der Waals surface area contributed by atoms with Gasteiger partial charge in [-0.15, -0.1) is 10.2 Å². The van der Waals surface area contributed by atoms with E-state index in [0.29, 0.717) is 11.0 Å². The highest BCUT2D eigenvalue weighted by Gasteiger charge is 2.25. The number of hydrogen-bond donors (Lipinski definition) is 0. The molecule has 0 bridgehead atoms. The Kier molecular flexibility index (Phi) is 6.12. The number of para-hydroxylation sites is 1. The van der Waals surface area contributed by atoms with Crippen molar-refractivity contribution in [1.82, 2.24) is 19.7 Å². The van der Waals surface area contributed by atoms with E-state index in [4.69, 9.17) is 0 Å². The lowest BCUT2D eigenvalue weighted by molar-refractivity contribution is -0.396. The molecule has 0 spiro atoms. The summed E-state index contributed by atoms with van der Waals surface area (Å²) in [6.07, 6.45) is 0.991. The SMILES string of the molecule is CC(C)(C)c1ccc(-c2nnc(Sc3ncc([N+](=O)[O-])cc3[N+](=O)[O-])n2-c2ccccc2)cc1. The zero-order valence-electron chi connectivity index (χ0n) is 18.6. The van der Waals surface area contributed by atoms with Crippen molar-refractivity contribution in [3.8, 4) is 17.1 Å². The number of benzene rings is 2. The average Bonchev–Trinajstić information content (AvgIpc) is 3.22. The van der Waals surface area contributed by atoms with E-state index < -0.39 is 21.2 Å². The molecule has 2 heterocycles. The van der Waals surface area contributed by atoms with Gasteiger partial charge in [-0.2, -0.15) is 0 Å². The van der Waals surface area contributed by atoms with Crippen LogP contribution in [0.2, 0.25) is 0 Å². The first kappa shape index (κ1) is 23.1. The molecule has 0 fully saturated rings. The second-order valence-corrected chi connectivity index (χ2v) is 9.39. The summed E-state index contributed by atoms with van der Waals surface area (Å²) in [6, 6.07) is 18.2. The van der Waals surface area contributed by atoms with E-state index in [-0.39, 0.29) is 10.4 Å². The van der Waals surface area contributed by atoms with Gasteiger partial charge in [0.05, 0.1) is 15.9 Å². The maximum Gasteiger partial charge on any atom is 0.308 e. The Bertz CT molecular complexity index is 1360. The van der Waals surface area contributed by atoms with Crippen LogP contribution in [-0.4, -0.2) is 29.6 Å². The molecule has 10 nitrogen and oxygen atoms in total. The molecule has 34 heavy (non-hydrogen) atoms. The monoisotopic (exact) mass is 476 g/mol. The normalized spacial score (nSPS) is 11.4. The van der Waals surface area contributed by atoms with Crippen molar-refractivity contribution in [1.29, 1.82) is 0 Å². The predicted molar refractivity (Wildman–Crippen MR) is 127 cm³/mol. The third kappa shape index (κ3) is 4.64. The van der Waals surface area contributed by atoms with Crippen molar-refractivity contribution in [3.05, 3.63) is 92.7 Å². The molecule has 2 aromatic carbocycles. The van der Waals surface area contributed by atoms with Gasteiger partial charge in [0.15, 0.2) is 10.9 Å². The van der Waals surface area contributed by atoms with Crippen LogP contribution in [0.1, 0.15) is 26.3 Å². The van der Waals surface area contributed by atoms with Gasteiger partial charge in [-0.3, -0.25) is 24.8 Å². The van der Waals surface area contributed by atoms with Gasteiger partial charge >= 0.3 is 5.69 Å². The Morgan fingerprint density at radius 1 is 0.912 bits per heavy atom. The van der Waals surface area contributed by atoms with Crippen LogP contribution in [-0.2, 0) is 5.41 Å². The molecular weight excluding hydrogens is 456 g/mol. The fourth-order valence-corrected chi connectivity index (χ4v) is 4.16. The minimum absolute atomic E-state index is 0.00678. The summed E-state index contributed by atoms with van der Waals surface area (Å²) in [5, 5.41) is 31.6. The van der Waals surface area contributed by atoms with Crippen LogP contribution in [0.3, 0.4) is 0 Å². The standard InChI is InChI=1S/C23H20N6O4S/c1-23(2,3)16-11-9-15(10-12-16)20-25-26-22(27(20)17-7-5-4-6-8-17)34-21-19(29(32)33)13-18(14-24-21)28(30)31/h4-14H,1-3H3. The molecule has 2 aromatic heterocycles. The minimum atomic E-state index is -0.722. The molecule has 4 rings (SSSR count). The summed E-state index contributed by atoms with van der Waals surface area (Å²) in [6.45, 7) is 6.40. The van der Waals surface area contributed by atoms with Gasteiger partial charge in [0, 0.05) is 11.3 Å². The van der Waals surface area contributed by atoms with E-state index in [9.17, 15) is 20.2 Å². The fraction of sp³-hybridized carbons (Fsp3) is 0.174. The molecule has 0 saturated heterocycles. The molecule has 0 aliphatic carbocycles. The average molecular weight is 477 g/mol. The number of aromatic nitrogens is 4. The molecular formula is C23H20N6O4S. The van der Waals surface area contributed by atoms with Crippen LogP contribution in [0.25, 0.3) is 17.1 Å². The highest BCUT2D eigenvalue weighted by Crippen LogP contribution is 2.37. The van der Waals surface area contributed by atoms with Gasteiger partial charge in [0.25, 0.3) is 5.69 Å². The van der Waals surface area contributed by atoms with E-state index in [1.54, 1.807) is 4.57 Å². The number of nitro groups is 2. The lowest BCUT2D eigenvalue weighted by atomic mass is 9.87. The first-order valence-electron chi connectivity index (χ1n) is 10.2. The van der Waals surface area contributed by atoms with Crippen molar-refractivity contribution in [2.75, 3.05) is 0 Å². The zero-order chi connectivity index (χ0) is 24.5. The van der Waals surface area contributed by atoms with Crippen molar-refractivity contribution >= 4 is 23.1 Å². The third-order valence-electron chi connectivity index (χ3n) is 5.07. The van der Waals surface area contributed by atoms with Gasteiger partial charge < -0.3 is 0 Å². The summed E-state index contributed by atoms with van der Waals surface area (Å²) >= 11 is 0.921. The van der Waals surface area contributed by atoms with Crippen LogP contribution in [0.5, 0.6) is 0 Å². The molecule has 172 valence electrons. The van der Waals surface area contributed by atoms with Crippen LogP contribution < -0.4 is 0 Å². The molecule has 0 saturated carbocycles. The van der Waals surface area contributed by atoms with Crippen LogP contribution in [0.15, 0.2) is 77.0 Å². The van der Waals surface area contributed by atoms with Crippen molar-refractivity contribution < 1.29 is 9.85 Å². The van der Waals surface area contributed by atoms with E-state index in [0.717, 1.165) is 35.3 Å². The van der Waals surface area contributed by atoms with Crippen molar-refractivity contribution in [2.45, 2.75) is 36.4 Å². The number of rotatable bonds is 6. The van der Waals surface area contributed by atoms with Crippen molar-refractivity contribution in [3.63, 3.8) is 0 Å². The highest BCUT2D eigenvalue weighted by atomic mass is 32.2. The fourth-order valence-electron chi connectivity index (χ4n) is 3.28. The summed E-state index contributed by atoms with van der Waals surface area (Å²) in [5.74, 6) is 0.554. The van der Waals surface area contributed by atoms with E-state index >= 15 is 0 Å². The zero-order valence-corrected chi connectivity index (χ0v) is 19.4. The summed E-state index contributed by atoms with van der Waals surface area (Å²) in [4.78, 5) is 25.2. The first-order chi connectivity index (χ1) is 16.1. The quantitative estimate of drug-likeness (QED) is 0.260. The number of hydrogen-bond acceptors (Lipinski definition) is 8. The molecule has 4 aromatic rings. The molecule has 0 atom stereocenters. The van der Waals surface area contributed by atoms with E-state index in [1.807, 2.05) is 54.6 Å². The lowest BCUT2D eigenvalue weighted by Crippen LogP contribution is -2.10. The van der Waals surface area contributed by atoms with Gasteiger partial charge in [-0.05, 0) is 34.9 Å². The lowest BCUT2D eigenvalue weighted by Gasteiger charge is -2.19. The van der Waals surface area contributed by atoms with E-state index in [1.165, 1.54) is 5.56 Å². The smallest absolute Gasteiger partial charge is 0.270 e. The first-order valence-corrected chi connectivity index (χ1v) is 11.1. The van der Waals surface area contributed by atoms with Gasteiger partial charge in [-0.1, -0.05) is 63.2 Å². The molecule has 11 heteroatoms. The van der Waals surface area contributed by atoms with Gasteiger partial charge in [0.1, 0.15) is 6.20 Å². The molecule has 0 N–H and O–H groups in total. The number of nitrogens with zero attached hydrogens (tertiary/aromatic N) is 6. The Morgan fingerprint density at radius 2 is 1.59 bits per heavy atom. The Balaban J connectivity index is 1.82. The Labute approximate surface area is 199 Å². The molecule has 0 radical (unpaired) electrons. The predicted octanol–water partition coefficient (Wildman–Crippen LogP) is 5.59. The molecule has 0 aliphatic heterocycles. The van der Waals surface area contributed by atoms with Crippen LogP contribution in [0, 0.1) is 20.2 Å². The summed E-state index contributed by atoms with van der Waals surface area (Å²) in [7, 11) is 0. The maximum atomic E-state index is 11.6. The Hall–Kier alpha value is -4.12. The minimum Gasteiger partial charge on any atom is -0.270 e. The van der Waals surface area contributed by atoms with E-state index in [2.05, 4.69) is 36.0 Å². The Morgan fingerprint density at radius 3 is 2.18 bits per heavy atom. The second-order valence-electron chi connectivity index (χ2n) is 8.44. The van der Waals surface area contributed by atoms with Crippen molar-refractivity contribution in [2.24, 2.45) is 0 Å². The van der Waals surface area contributed by atoms with Gasteiger partial charge in [-0.25, -0.2) is 4.98 Å². The summed E-state index contributed by atoms with van der Waals surface area (Å²) in [5.41, 5.74) is 1.81. The maximum absolute atomic E-state index is 11.6. The molecule has 0 amide bonds. The third-order valence-corrected chi connectivity index (χ3v) is 6.02. The topological polar surface area (TPSA) is 130 Å². The largest absolute Gasteiger partial charge is 0.308 e. The molecule has 0 aliphatic rings. The van der Waals surface area contributed by atoms with Crippen LogP contribution in [0.4, 0.5) is 11.4 Å². The number of pyridine rings is 1. The van der Waals surface area contributed by atoms with Gasteiger partial charge in [0.2, 0.25) is 5.16 Å². The molecule has 0 unspecified atom stereocenters.